The Hall–Kier alpha value is -1.09. The van der Waals surface area contributed by atoms with Crippen LogP contribution in [0.3, 0.4) is 0 Å². The molecule has 3 fully saturated rings. The highest BCUT2D eigenvalue weighted by Gasteiger charge is 2.52. The van der Waals surface area contributed by atoms with E-state index in [1.165, 1.54) is 0 Å². The number of carbonyl (C=O) groups is 1. The molecule has 16 N–H and O–H groups in total. The third-order valence-corrected chi connectivity index (χ3v) is 7.08. The van der Waals surface area contributed by atoms with Crippen molar-refractivity contribution in [2.75, 3.05) is 19.6 Å². The molecule has 1 amide bonds. The van der Waals surface area contributed by atoms with Crippen molar-refractivity contribution in [1.29, 1.82) is 0 Å². The highest BCUT2D eigenvalue weighted by molar-refractivity contribution is 5.80. The van der Waals surface area contributed by atoms with Crippen LogP contribution < -0.4 is 34.0 Å². The van der Waals surface area contributed by atoms with Crippen molar-refractivity contribution in [2.24, 2.45) is 28.7 Å². The highest BCUT2D eigenvalue weighted by atomic mass is 16.7. The molecule has 0 bridgehead atoms. The number of carbonyl (C=O) groups excluding carboxylic acids is 1. The van der Waals surface area contributed by atoms with E-state index in [0.29, 0.717) is 0 Å². The van der Waals surface area contributed by atoms with E-state index in [-0.39, 0.29) is 38.9 Å². The third-order valence-electron chi connectivity index (χ3n) is 7.08. The molecule has 0 radical (unpaired) electrons. The van der Waals surface area contributed by atoms with Gasteiger partial charge in [0.25, 0.3) is 0 Å². The molecule has 16 heteroatoms. The smallest absolute Gasteiger partial charge is 0.249 e. The summed E-state index contributed by atoms with van der Waals surface area (Å²) >= 11 is 0. The van der Waals surface area contributed by atoms with Crippen molar-refractivity contribution >= 4 is 5.91 Å². The molecule has 0 aromatic rings. The van der Waals surface area contributed by atoms with Crippen molar-refractivity contribution in [3.63, 3.8) is 0 Å². The quantitative estimate of drug-likeness (QED) is 0.123. The molecule has 0 spiro atoms. The van der Waals surface area contributed by atoms with Crippen LogP contribution in [0.1, 0.15) is 19.3 Å². The van der Waals surface area contributed by atoms with Gasteiger partial charge >= 0.3 is 0 Å². The summed E-state index contributed by atoms with van der Waals surface area (Å²) in [5.41, 5.74) is 29.1. The fraction of sp³-hybridized carbons (Fsp3) is 0.952. The van der Waals surface area contributed by atoms with E-state index in [1.807, 2.05) is 0 Å². The van der Waals surface area contributed by atoms with E-state index in [4.69, 9.17) is 47.6 Å². The van der Waals surface area contributed by atoms with Gasteiger partial charge in [-0.2, -0.15) is 0 Å². The van der Waals surface area contributed by atoms with Crippen molar-refractivity contribution in [2.45, 2.75) is 105 Å². The maximum absolute atomic E-state index is 12.4. The lowest BCUT2D eigenvalue weighted by atomic mass is 9.83. The van der Waals surface area contributed by atoms with Crippen molar-refractivity contribution in [1.82, 2.24) is 5.32 Å². The minimum absolute atomic E-state index is 0.000263. The zero-order valence-corrected chi connectivity index (χ0v) is 20.5. The minimum Gasteiger partial charge on any atom is -0.391 e. The van der Waals surface area contributed by atoms with Crippen LogP contribution in [-0.2, 0) is 23.7 Å². The minimum atomic E-state index is -1.50. The molecule has 3 rings (SSSR count). The van der Waals surface area contributed by atoms with Crippen LogP contribution in [0.25, 0.3) is 0 Å². The van der Waals surface area contributed by atoms with Gasteiger partial charge in [-0.15, -0.1) is 0 Å². The zero-order valence-electron chi connectivity index (χ0n) is 20.5. The van der Waals surface area contributed by atoms with Crippen LogP contribution in [0.5, 0.6) is 0 Å². The first-order valence-corrected chi connectivity index (χ1v) is 12.5. The molecule has 3 aliphatic rings. The van der Waals surface area contributed by atoms with Gasteiger partial charge in [0.05, 0.1) is 24.3 Å². The normalized spacial score (nSPS) is 45.5. The summed E-state index contributed by atoms with van der Waals surface area (Å²) in [6.45, 7) is 0.0655. The summed E-state index contributed by atoms with van der Waals surface area (Å²) in [4.78, 5) is 12.4. The van der Waals surface area contributed by atoms with Crippen LogP contribution in [0.2, 0.25) is 0 Å². The van der Waals surface area contributed by atoms with E-state index in [0.717, 1.165) is 0 Å². The van der Waals surface area contributed by atoms with Crippen molar-refractivity contribution in [3.05, 3.63) is 0 Å². The molecular weight excluding hydrogens is 496 g/mol. The number of amides is 1. The number of nitrogens with two attached hydrogens (primary N) is 5. The number of hydrogen-bond acceptors (Lipinski definition) is 15. The summed E-state index contributed by atoms with van der Waals surface area (Å²) < 4.78 is 23.2. The fourth-order valence-corrected chi connectivity index (χ4v) is 4.83. The average Bonchev–Trinajstić information content (AvgIpc) is 3.14. The molecule has 14 unspecified atom stereocenters. The third kappa shape index (κ3) is 6.92. The van der Waals surface area contributed by atoms with Crippen LogP contribution in [-0.4, -0.2) is 137 Å². The highest BCUT2D eigenvalue weighted by Crippen LogP contribution is 2.32. The summed E-state index contributed by atoms with van der Waals surface area (Å²) in [7, 11) is 0. The monoisotopic (exact) mass is 538 g/mol. The second-order valence-corrected chi connectivity index (χ2v) is 9.80. The van der Waals surface area contributed by atoms with Gasteiger partial charge in [0, 0.05) is 25.6 Å². The van der Waals surface area contributed by atoms with E-state index in [2.05, 4.69) is 5.32 Å². The molecule has 2 heterocycles. The van der Waals surface area contributed by atoms with Crippen molar-refractivity contribution in [3.8, 4) is 0 Å². The SMILES string of the molecule is NCCC(O)C(=O)NC1CC(N)C(OC2OC(CN)CC(O)C2N)C(OC2OC(CN)C(O)C2O)C1O. The Labute approximate surface area is 214 Å². The van der Waals surface area contributed by atoms with Crippen LogP contribution in [0.15, 0.2) is 0 Å². The van der Waals surface area contributed by atoms with Gasteiger partial charge in [-0.25, -0.2) is 0 Å². The Bertz CT molecular complexity index is 742. The molecule has 37 heavy (non-hydrogen) atoms. The summed E-state index contributed by atoms with van der Waals surface area (Å²) in [6.07, 6.45) is -13.0. The summed E-state index contributed by atoms with van der Waals surface area (Å²) in [5.74, 6) is -0.762. The Morgan fingerprint density at radius 3 is 2.19 bits per heavy atom. The number of rotatable bonds is 10. The number of ether oxygens (including phenoxy) is 4. The van der Waals surface area contributed by atoms with E-state index in [9.17, 15) is 30.3 Å². The lowest BCUT2D eigenvalue weighted by Crippen LogP contribution is -2.67. The number of nitrogens with one attached hydrogen (secondary N) is 1. The van der Waals surface area contributed by atoms with Gasteiger partial charge in [-0.1, -0.05) is 0 Å². The maximum atomic E-state index is 12.4. The van der Waals surface area contributed by atoms with E-state index < -0.39 is 91.5 Å². The van der Waals surface area contributed by atoms with E-state index >= 15 is 0 Å². The molecule has 14 atom stereocenters. The topological polar surface area (TPSA) is 297 Å². The first-order valence-electron chi connectivity index (χ1n) is 12.5. The van der Waals surface area contributed by atoms with Gasteiger partial charge in [0.15, 0.2) is 12.6 Å². The van der Waals surface area contributed by atoms with Gasteiger partial charge in [0.2, 0.25) is 5.91 Å². The Balaban J connectivity index is 1.82. The number of aliphatic hydroxyl groups excluding tert-OH is 5. The van der Waals surface area contributed by atoms with Crippen molar-refractivity contribution < 1.29 is 49.3 Å². The Morgan fingerprint density at radius 1 is 0.919 bits per heavy atom. The Morgan fingerprint density at radius 2 is 1.59 bits per heavy atom. The van der Waals surface area contributed by atoms with Crippen LogP contribution in [0, 0.1) is 0 Å². The molecular formula is C21H42N6O10. The lowest BCUT2D eigenvalue weighted by molar-refractivity contribution is -0.294. The van der Waals surface area contributed by atoms with Crippen LogP contribution >= 0.6 is 0 Å². The van der Waals surface area contributed by atoms with E-state index in [1.54, 1.807) is 0 Å². The van der Waals surface area contributed by atoms with Crippen LogP contribution in [0.4, 0.5) is 0 Å². The standard InChI is InChI=1S/C21H42N6O10/c22-2-1-10(28)19(33)27-9-4-8(25)17(36-20-13(26)11(29)3-7(5-23)34-20)18(14(9)30)37-21-16(32)15(31)12(6-24)35-21/h7-18,20-21,28-32H,1-6,22-26H2,(H,27,33). The molecule has 216 valence electrons. The fourth-order valence-electron chi connectivity index (χ4n) is 4.83. The molecule has 1 saturated carbocycles. The van der Waals surface area contributed by atoms with Gasteiger partial charge in [-0.05, 0) is 19.4 Å². The van der Waals surface area contributed by atoms with Gasteiger partial charge in [0.1, 0.15) is 42.7 Å². The number of aliphatic hydroxyl groups is 5. The molecule has 0 aromatic carbocycles. The maximum Gasteiger partial charge on any atom is 0.249 e. The number of hydrogen-bond donors (Lipinski definition) is 11. The molecule has 16 nitrogen and oxygen atoms in total. The molecule has 0 aromatic heterocycles. The molecule has 1 aliphatic carbocycles. The Kier molecular flexibility index (Phi) is 11.0. The predicted molar refractivity (Wildman–Crippen MR) is 126 cm³/mol. The lowest BCUT2D eigenvalue weighted by Gasteiger charge is -2.47. The summed E-state index contributed by atoms with van der Waals surface area (Å²) in [5, 5.41) is 54.6. The predicted octanol–water partition coefficient (Wildman–Crippen LogP) is -6.79. The first kappa shape index (κ1) is 30.5. The zero-order chi connectivity index (χ0) is 27.4. The summed E-state index contributed by atoms with van der Waals surface area (Å²) in [6, 6.07) is -2.84. The first-order chi connectivity index (χ1) is 17.5. The largest absolute Gasteiger partial charge is 0.391 e. The molecule has 2 aliphatic heterocycles. The van der Waals surface area contributed by atoms with Gasteiger partial charge < -0.3 is 78.5 Å². The van der Waals surface area contributed by atoms with Gasteiger partial charge in [-0.3, -0.25) is 4.79 Å². The second kappa shape index (κ2) is 13.3. The molecule has 2 saturated heterocycles. The average molecular weight is 539 g/mol. The second-order valence-electron chi connectivity index (χ2n) is 9.80.